The molecule has 0 aliphatic carbocycles. The molecule has 1 aromatic rings. The lowest BCUT2D eigenvalue weighted by molar-refractivity contribution is 0.129. The van der Waals surface area contributed by atoms with Crippen LogP contribution in [-0.4, -0.2) is 32.3 Å². The molecular weight excluding hydrogens is 180 g/mol. The van der Waals surface area contributed by atoms with Crippen LogP contribution in [0.25, 0.3) is 0 Å². The van der Waals surface area contributed by atoms with Crippen molar-refractivity contribution in [3.8, 4) is 0 Å². The third-order valence-electron chi connectivity index (χ3n) is 2.50. The molecule has 5 heteroatoms. The van der Waals surface area contributed by atoms with Gasteiger partial charge in [0, 0.05) is 6.21 Å². The predicted molar refractivity (Wildman–Crippen MR) is 52.2 cm³/mol. The van der Waals surface area contributed by atoms with Gasteiger partial charge in [-0.05, 0) is 12.8 Å². The highest BCUT2D eigenvalue weighted by Crippen LogP contribution is 2.25. The summed E-state index contributed by atoms with van der Waals surface area (Å²) < 4.78 is 1.63. The predicted octanol–water partition coefficient (Wildman–Crippen LogP) is 0.760. The van der Waals surface area contributed by atoms with E-state index in [1.54, 1.807) is 17.2 Å². The molecule has 76 valence electrons. The van der Waals surface area contributed by atoms with Gasteiger partial charge >= 0.3 is 0 Å². The van der Waals surface area contributed by atoms with E-state index in [4.69, 9.17) is 0 Å². The van der Waals surface area contributed by atoms with Crippen LogP contribution >= 0.6 is 0 Å². The Hall–Kier alpha value is -1.23. The molecule has 2 heterocycles. The Morgan fingerprint density at radius 1 is 1.71 bits per heavy atom. The highest BCUT2D eigenvalue weighted by atomic mass is 16.3. The van der Waals surface area contributed by atoms with Crippen molar-refractivity contribution in [2.75, 3.05) is 0 Å². The summed E-state index contributed by atoms with van der Waals surface area (Å²) in [5.74, 6) is 0.823. The second-order valence-corrected chi connectivity index (χ2v) is 3.53. The molecule has 1 aliphatic rings. The monoisotopic (exact) mass is 194 g/mol. The second-order valence-electron chi connectivity index (χ2n) is 3.53. The van der Waals surface area contributed by atoms with Gasteiger partial charge in [-0.25, -0.2) is 4.68 Å². The van der Waals surface area contributed by atoms with Gasteiger partial charge in [0.25, 0.3) is 0 Å². The highest BCUT2D eigenvalue weighted by Gasteiger charge is 2.26. The molecule has 5 nitrogen and oxygen atoms in total. The average Bonchev–Trinajstić information content (AvgIpc) is 2.65. The molecule has 1 aromatic heterocycles. The Kier molecular flexibility index (Phi) is 2.58. The van der Waals surface area contributed by atoms with Crippen molar-refractivity contribution >= 4 is 6.21 Å². The molecule has 1 N–H and O–H groups in total. The zero-order valence-corrected chi connectivity index (χ0v) is 8.17. The van der Waals surface area contributed by atoms with E-state index in [0.29, 0.717) is 0 Å². The number of fused-ring (bicyclic) bond motifs is 1. The van der Waals surface area contributed by atoms with Gasteiger partial charge in [-0.15, -0.1) is 10.2 Å². The topological polar surface area (TPSA) is 63.3 Å². The summed E-state index contributed by atoms with van der Waals surface area (Å²) in [4.78, 5) is 0. The summed E-state index contributed by atoms with van der Waals surface area (Å²) in [5.41, 5.74) is 0. The van der Waals surface area contributed by atoms with E-state index in [9.17, 15) is 5.11 Å². The molecule has 0 saturated carbocycles. The minimum Gasteiger partial charge on any atom is -0.392 e. The van der Waals surface area contributed by atoms with Crippen molar-refractivity contribution in [1.82, 2.24) is 14.9 Å². The van der Waals surface area contributed by atoms with Crippen molar-refractivity contribution in [2.24, 2.45) is 5.10 Å². The number of aliphatic hydroxyl groups excluding tert-OH is 1. The van der Waals surface area contributed by atoms with Gasteiger partial charge in [-0.1, -0.05) is 13.3 Å². The maximum Gasteiger partial charge on any atom is 0.160 e. The van der Waals surface area contributed by atoms with Crippen molar-refractivity contribution in [2.45, 2.75) is 38.2 Å². The molecule has 0 fully saturated rings. The maximum atomic E-state index is 9.90. The lowest BCUT2D eigenvalue weighted by atomic mass is 9.94. The molecule has 14 heavy (non-hydrogen) atoms. The second kappa shape index (κ2) is 3.88. The van der Waals surface area contributed by atoms with E-state index < -0.39 is 0 Å². The summed E-state index contributed by atoms with van der Waals surface area (Å²) in [6.07, 6.45) is 5.56. The molecule has 0 amide bonds. The normalized spacial score (nSPS) is 22.0. The number of hydrogen-bond donors (Lipinski definition) is 1. The molecule has 2 unspecified atom stereocenters. The first kappa shape index (κ1) is 9.33. The first-order valence-corrected chi connectivity index (χ1v) is 4.93. The Morgan fingerprint density at radius 2 is 2.57 bits per heavy atom. The quantitative estimate of drug-likeness (QED) is 0.772. The van der Waals surface area contributed by atoms with E-state index in [-0.39, 0.29) is 12.0 Å². The van der Waals surface area contributed by atoms with Crippen LogP contribution < -0.4 is 0 Å². The van der Waals surface area contributed by atoms with Crippen LogP contribution in [0.15, 0.2) is 11.4 Å². The standard InChI is InChI=1S/C9H14N4O/c1-2-3-8(14)7-4-5-11-13-6-10-12-9(7)13/h5-8,14H,2-4H2,1H3. The first-order chi connectivity index (χ1) is 6.83. The van der Waals surface area contributed by atoms with Crippen molar-refractivity contribution in [1.29, 1.82) is 0 Å². The zero-order valence-electron chi connectivity index (χ0n) is 8.17. The number of hydrogen-bond acceptors (Lipinski definition) is 4. The van der Waals surface area contributed by atoms with Crippen LogP contribution in [-0.2, 0) is 0 Å². The summed E-state index contributed by atoms with van der Waals surface area (Å²) in [6, 6.07) is 0. The van der Waals surface area contributed by atoms with Crippen molar-refractivity contribution < 1.29 is 5.11 Å². The van der Waals surface area contributed by atoms with Gasteiger partial charge in [0.05, 0.1) is 12.0 Å². The summed E-state index contributed by atoms with van der Waals surface area (Å²) >= 11 is 0. The lowest BCUT2D eigenvalue weighted by Crippen LogP contribution is -2.24. The van der Waals surface area contributed by atoms with E-state index in [0.717, 1.165) is 25.1 Å². The molecule has 0 radical (unpaired) electrons. The van der Waals surface area contributed by atoms with E-state index in [1.807, 2.05) is 0 Å². The largest absolute Gasteiger partial charge is 0.392 e. The van der Waals surface area contributed by atoms with E-state index in [1.165, 1.54) is 0 Å². The minimum absolute atomic E-state index is 0.0509. The van der Waals surface area contributed by atoms with E-state index in [2.05, 4.69) is 22.2 Å². The molecule has 0 bridgehead atoms. The van der Waals surface area contributed by atoms with Crippen LogP contribution in [0.5, 0.6) is 0 Å². The summed E-state index contributed by atoms with van der Waals surface area (Å²) in [7, 11) is 0. The molecule has 0 saturated heterocycles. The average molecular weight is 194 g/mol. The van der Waals surface area contributed by atoms with Gasteiger partial charge < -0.3 is 5.11 Å². The third-order valence-corrected chi connectivity index (χ3v) is 2.50. The first-order valence-electron chi connectivity index (χ1n) is 4.93. The smallest absolute Gasteiger partial charge is 0.160 e. The Morgan fingerprint density at radius 3 is 3.36 bits per heavy atom. The Labute approximate surface area is 82.5 Å². The zero-order chi connectivity index (χ0) is 9.97. The number of aromatic nitrogens is 3. The van der Waals surface area contributed by atoms with Crippen LogP contribution in [0, 0.1) is 0 Å². The van der Waals surface area contributed by atoms with Gasteiger partial charge in [0.1, 0.15) is 6.33 Å². The Bertz CT molecular complexity index is 333. The number of aliphatic hydroxyl groups is 1. The van der Waals surface area contributed by atoms with E-state index >= 15 is 0 Å². The summed E-state index contributed by atoms with van der Waals surface area (Å²) in [5, 5.41) is 21.8. The van der Waals surface area contributed by atoms with Crippen molar-refractivity contribution in [3.05, 3.63) is 12.2 Å². The molecule has 0 aromatic carbocycles. The SMILES string of the molecule is CCCC(O)C1CC=Nn2cnnc21. The molecule has 1 aliphatic heterocycles. The molecule has 0 spiro atoms. The van der Waals surface area contributed by atoms with Gasteiger partial charge in [0.15, 0.2) is 5.82 Å². The fourth-order valence-electron chi connectivity index (χ4n) is 1.75. The van der Waals surface area contributed by atoms with Crippen LogP contribution in [0.2, 0.25) is 0 Å². The van der Waals surface area contributed by atoms with Crippen LogP contribution in [0.4, 0.5) is 0 Å². The lowest BCUT2D eigenvalue weighted by Gasteiger charge is -2.22. The van der Waals surface area contributed by atoms with Crippen LogP contribution in [0.1, 0.15) is 37.9 Å². The van der Waals surface area contributed by atoms with Gasteiger partial charge in [-0.3, -0.25) is 0 Å². The van der Waals surface area contributed by atoms with Gasteiger partial charge in [-0.2, -0.15) is 5.10 Å². The highest BCUT2D eigenvalue weighted by molar-refractivity contribution is 5.59. The molecular formula is C9H14N4O. The minimum atomic E-state index is -0.338. The fourth-order valence-corrected chi connectivity index (χ4v) is 1.75. The fraction of sp³-hybridized carbons (Fsp3) is 0.667. The van der Waals surface area contributed by atoms with Crippen LogP contribution in [0.3, 0.4) is 0 Å². The molecule has 2 atom stereocenters. The van der Waals surface area contributed by atoms with Crippen molar-refractivity contribution in [3.63, 3.8) is 0 Å². The summed E-state index contributed by atoms with van der Waals surface area (Å²) in [6.45, 7) is 2.06. The Balaban J connectivity index is 2.19. The molecule has 2 rings (SSSR count). The van der Waals surface area contributed by atoms with Gasteiger partial charge in [0.2, 0.25) is 0 Å². The number of rotatable bonds is 3. The third kappa shape index (κ3) is 1.55. The maximum absolute atomic E-state index is 9.90. The number of nitrogens with zero attached hydrogens (tertiary/aromatic N) is 4.